The maximum Gasteiger partial charge on any atom is 0.189 e. The predicted molar refractivity (Wildman–Crippen MR) is 117 cm³/mol. The van der Waals surface area contributed by atoms with Crippen LogP contribution in [0.5, 0.6) is 11.5 Å². The quantitative estimate of drug-likeness (QED) is 0.321. The minimum atomic E-state index is 0. The molecule has 2 heterocycles. The summed E-state index contributed by atoms with van der Waals surface area (Å²) in [6.07, 6.45) is 2.00. The van der Waals surface area contributed by atoms with Gasteiger partial charge in [0, 0.05) is 11.9 Å². The van der Waals surface area contributed by atoms with Gasteiger partial charge in [-0.05, 0) is 36.8 Å². The Hall–Kier alpha value is -2.49. The van der Waals surface area contributed by atoms with Crippen LogP contribution in [0.3, 0.4) is 0 Å². The zero-order valence-electron chi connectivity index (χ0n) is 15.6. The number of aryl methyl sites for hydroxylation is 1. The number of pyridine rings is 1. The van der Waals surface area contributed by atoms with Crippen LogP contribution in [0.1, 0.15) is 17.0 Å². The predicted octanol–water partition coefficient (Wildman–Crippen LogP) is 2.88. The van der Waals surface area contributed by atoms with Crippen LogP contribution in [-0.4, -0.2) is 29.6 Å². The van der Waals surface area contributed by atoms with E-state index in [1.54, 1.807) is 14.2 Å². The third-order valence-corrected chi connectivity index (χ3v) is 4.08. The summed E-state index contributed by atoms with van der Waals surface area (Å²) in [5.74, 6) is 1.73. The summed E-state index contributed by atoms with van der Waals surface area (Å²) in [4.78, 5) is 8.93. The Balaban J connectivity index is 0.00000261. The highest BCUT2D eigenvalue weighted by molar-refractivity contribution is 14.0. The first-order valence-electron chi connectivity index (χ1n) is 8.29. The highest BCUT2D eigenvalue weighted by Crippen LogP contribution is 2.27. The Kier molecular flexibility index (Phi) is 7.28. The van der Waals surface area contributed by atoms with Crippen LogP contribution in [0.25, 0.3) is 5.65 Å². The van der Waals surface area contributed by atoms with Crippen LogP contribution >= 0.6 is 24.0 Å². The lowest BCUT2D eigenvalue weighted by Crippen LogP contribution is -2.31. The molecule has 0 aliphatic heterocycles. The van der Waals surface area contributed by atoms with Gasteiger partial charge in [-0.1, -0.05) is 12.1 Å². The zero-order valence-corrected chi connectivity index (χ0v) is 17.9. The molecule has 8 heteroatoms. The van der Waals surface area contributed by atoms with Gasteiger partial charge in [-0.15, -0.1) is 24.0 Å². The molecule has 0 aliphatic carbocycles. The van der Waals surface area contributed by atoms with E-state index in [0.29, 0.717) is 30.5 Å². The second-order valence-corrected chi connectivity index (χ2v) is 5.87. The largest absolute Gasteiger partial charge is 0.493 e. The van der Waals surface area contributed by atoms with Crippen LogP contribution in [0.15, 0.2) is 47.6 Å². The number of guanidine groups is 1. The van der Waals surface area contributed by atoms with Crippen molar-refractivity contribution < 1.29 is 9.47 Å². The minimum absolute atomic E-state index is 0. The zero-order chi connectivity index (χ0) is 18.5. The number of methoxy groups -OCH3 is 2. The lowest BCUT2D eigenvalue weighted by atomic mass is 10.2. The molecular formula is C19H24IN5O2. The maximum atomic E-state index is 5.97. The van der Waals surface area contributed by atoms with Crippen molar-refractivity contribution in [3.8, 4) is 11.5 Å². The number of hydrogen-bond acceptors (Lipinski definition) is 4. The van der Waals surface area contributed by atoms with E-state index in [9.17, 15) is 0 Å². The SMILES string of the molecule is COc1ccc(CN=C(N)NCc2cn3c(C)cccc3n2)cc1OC.I. The molecule has 0 radical (unpaired) electrons. The van der Waals surface area contributed by atoms with Crippen molar-refractivity contribution in [2.45, 2.75) is 20.0 Å². The standard InChI is InChI=1S/C19H23N5O2.HI/c1-13-5-4-6-18-23-15(12-24(13)18)11-22-19(20)21-10-14-7-8-16(25-2)17(9-14)26-3;/h4-9,12H,10-11H2,1-3H3,(H3,20,21,22);1H. The van der Waals surface area contributed by atoms with E-state index in [1.807, 2.05) is 53.9 Å². The van der Waals surface area contributed by atoms with E-state index in [0.717, 1.165) is 22.6 Å². The van der Waals surface area contributed by atoms with E-state index < -0.39 is 0 Å². The van der Waals surface area contributed by atoms with Crippen LogP contribution in [0.4, 0.5) is 0 Å². The molecule has 27 heavy (non-hydrogen) atoms. The number of fused-ring (bicyclic) bond motifs is 1. The van der Waals surface area contributed by atoms with Gasteiger partial charge in [0.05, 0.1) is 33.0 Å². The Labute approximate surface area is 175 Å². The molecule has 0 saturated carbocycles. The molecular weight excluding hydrogens is 457 g/mol. The fraction of sp³-hybridized carbons (Fsp3) is 0.263. The number of benzene rings is 1. The second kappa shape index (κ2) is 9.45. The summed E-state index contributed by atoms with van der Waals surface area (Å²) in [7, 11) is 3.22. The highest BCUT2D eigenvalue weighted by atomic mass is 127. The fourth-order valence-electron chi connectivity index (χ4n) is 2.68. The van der Waals surface area contributed by atoms with Gasteiger partial charge in [-0.3, -0.25) is 0 Å². The van der Waals surface area contributed by atoms with E-state index in [-0.39, 0.29) is 24.0 Å². The van der Waals surface area contributed by atoms with Crippen molar-refractivity contribution in [2.24, 2.45) is 10.7 Å². The van der Waals surface area contributed by atoms with Gasteiger partial charge in [-0.2, -0.15) is 0 Å². The topological polar surface area (TPSA) is 86.2 Å². The number of nitrogens with two attached hydrogens (primary N) is 1. The average molecular weight is 481 g/mol. The highest BCUT2D eigenvalue weighted by Gasteiger charge is 2.05. The van der Waals surface area contributed by atoms with Crippen molar-refractivity contribution in [2.75, 3.05) is 14.2 Å². The molecule has 0 atom stereocenters. The number of nitrogens with one attached hydrogen (secondary N) is 1. The summed E-state index contributed by atoms with van der Waals surface area (Å²) in [5.41, 5.74) is 9.91. The number of imidazole rings is 1. The first-order valence-corrected chi connectivity index (χ1v) is 8.29. The molecule has 0 fully saturated rings. The van der Waals surface area contributed by atoms with Crippen LogP contribution in [0, 0.1) is 6.92 Å². The van der Waals surface area contributed by atoms with Gasteiger partial charge < -0.3 is 24.9 Å². The van der Waals surface area contributed by atoms with Gasteiger partial charge in [0.1, 0.15) is 5.65 Å². The minimum Gasteiger partial charge on any atom is -0.493 e. The van der Waals surface area contributed by atoms with Gasteiger partial charge >= 0.3 is 0 Å². The molecule has 144 valence electrons. The smallest absolute Gasteiger partial charge is 0.189 e. The lowest BCUT2D eigenvalue weighted by molar-refractivity contribution is 0.354. The van der Waals surface area contributed by atoms with Gasteiger partial charge in [0.15, 0.2) is 17.5 Å². The second-order valence-electron chi connectivity index (χ2n) is 5.87. The molecule has 0 saturated heterocycles. The van der Waals surface area contributed by atoms with Gasteiger partial charge in [0.2, 0.25) is 0 Å². The average Bonchev–Trinajstić information content (AvgIpc) is 3.09. The number of aliphatic imine (C=N–C) groups is 1. The summed E-state index contributed by atoms with van der Waals surface area (Å²) in [6.45, 7) is 3.01. The van der Waals surface area contributed by atoms with Gasteiger partial charge in [-0.25, -0.2) is 9.98 Å². The van der Waals surface area contributed by atoms with Crippen molar-refractivity contribution >= 4 is 35.6 Å². The molecule has 3 rings (SSSR count). The van der Waals surface area contributed by atoms with Crippen molar-refractivity contribution in [3.63, 3.8) is 0 Å². The molecule has 3 N–H and O–H groups in total. The number of ether oxygens (including phenoxy) is 2. The Morgan fingerprint density at radius 2 is 1.96 bits per heavy atom. The molecule has 2 aromatic heterocycles. The third-order valence-electron chi connectivity index (χ3n) is 4.08. The Morgan fingerprint density at radius 1 is 1.19 bits per heavy atom. The van der Waals surface area contributed by atoms with Crippen LogP contribution < -0.4 is 20.5 Å². The van der Waals surface area contributed by atoms with Crippen LogP contribution in [0.2, 0.25) is 0 Å². The molecule has 1 aromatic carbocycles. The summed E-state index contributed by atoms with van der Waals surface area (Å²) in [5, 5.41) is 3.10. The molecule has 0 aliphatic rings. The Bertz CT molecular complexity index is 939. The Morgan fingerprint density at radius 3 is 2.67 bits per heavy atom. The normalized spacial score (nSPS) is 11.1. The molecule has 0 unspecified atom stereocenters. The molecule has 3 aromatic rings. The number of aromatic nitrogens is 2. The van der Waals surface area contributed by atoms with E-state index in [2.05, 4.69) is 15.3 Å². The van der Waals surface area contributed by atoms with Crippen molar-refractivity contribution in [1.29, 1.82) is 0 Å². The van der Waals surface area contributed by atoms with Gasteiger partial charge in [0.25, 0.3) is 0 Å². The first-order chi connectivity index (χ1) is 12.6. The van der Waals surface area contributed by atoms with Crippen molar-refractivity contribution in [3.05, 3.63) is 59.5 Å². The van der Waals surface area contributed by atoms with Crippen molar-refractivity contribution in [1.82, 2.24) is 14.7 Å². The third kappa shape index (κ3) is 5.03. The first kappa shape index (κ1) is 20.8. The van der Waals surface area contributed by atoms with E-state index >= 15 is 0 Å². The number of halogens is 1. The summed E-state index contributed by atoms with van der Waals surface area (Å²) in [6, 6.07) is 11.7. The molecule has 0 bridgehead atoms. The fourth-order valence-corrected chi connectivity index (χ4v) is 2.68. The molecule has 7 nitrogen and oxygen atoms in total. The van der Waals surface area contributed by atoms with E-state index in [1.165, 1.54) is 0 Å². The summed E-state index contributed by atoms with van der Waals surface area (Å²) < 4.78 is 12.6. The maximum absolute atomic E-state index is 5.97. The van der Waals surface area contributed by atoms with E-state index in [4.69, 9.17) is 15.2 Å². The molecule has 0 amide bonds. The summed E-state index contributed by atoms with van der Waals surface area (Å²) >= 11 is 0. The molecule has 0 spiro atoms. The number of rotatable bonds is 6. The monoisotopic (exact) mass is 481 g/mol. The lowest BCUT2D eigenvalue weighted by Gasteiger charge is -2.09. The number of nitrogens with zero attached hydrogens (tertiary/aromatic N) is 3. The number of hydrogen-bond donors (Lipinski definition) is 2. The van der Waals surface area contributed by atoms with Crippen LogP contribution in [-0.2, 0) is 13.1 Å².